The van der Waals surface area contributed by atoms with E-state index in [0.717, 1.165) is 5.56 Å². The van der Waals surface area contributed by atoms with E-state index >= 15 is 0 Å². The van der Waals surface area contributed by atoms with Gasteiger partial charge in [-0.3, -0.25) is 4.90 Å². The fourth-order valence-corrected chi connectivity index (χ4v) is 4.69. The number of nitriles is 1. The quantitative estimate of drug-likeness (QED) is 0.675. The van der Waals surface area contributed by atoms with Crippen molar-refractivity contribution in [3.05, 3.63) is 65.2 Å². The lowest BCUT2D eigenvalue weighted by Crippen LogP contribution is -2.48. The molecular weight excluding hydrogens is 390 g/mol. The van der Waals surface area contributed by atoms with Crippen LogP contribution in [0.4, 0.5) is 0 Å². The van der Waals surface area contributed by atoms with E-state index in [1.807, 2.05) is 12.1 Å². The molecule has 8 heteroatoms. The van der Waals surface area contributed by atoms with Crippen molar-refractivity contribution in [1.82, 2.24) is 9.21 Å². The summed E-state index contributed by atoms with van der Waals surface area (Å²) in [6, 6.07) is 15.5. The molecule has 0 atom stereocenters. The molecule has 2 aromatic rings. The topological polar surface area (TPSA) is 90.7 Å². The molecule has 0 saturated carbocycles. The second-order valence-corrected chi connectivity index (χ2v) is 8.68. The second-order valence-electron chi connectivity index (χ2n) is 6.74. The maximum absolute atomic E-state index is 13.0. The van der Waals surface area contributed by atoms with Gasteiger partial charge in [-0.2, -0.15) is 9.57 Å². The number of benzene rings is 2. The zero-order chi connectivity index (χ0) is 20.9. The van der Waals surface area contributed by atoms with Crippen molar-refractivity contribution in [1.29, 1.82) is 5.26 Å². The molecule has 0 spiro atoms. The number of esters is 1. The fourth-order valence-electron chi connectivity index (χ4n) is 3.22. The summed E-state index contributed by atoms with van der Waals surface area (Å²) in [7, 11) is -3.68. The van der Waals surface area contributed by atoms with E-state index in [2.05, 4.69) is 11.0 Å². The molecule has 0 radical (unpaired) electrons. The van der Waals surface area contributed by atoms with Crippen LogP contribution in [0.2, 0.25) is 0 Å². The molecule has 1 aliphatic rings. The molecule has 0 amide bonds. The normalized spacial score (nSPS) is 15.6. The molecule has 2 aromatic carbocycles. The third-order valence-corrected chi connectivity index (χ3v) is 6.70. The summed E-state index contributed by atoms with van der Waals surface area (Å²) in [6.45, 7) is 4.61. The number of ether oxygens (including phenoxy) is 1. The summed E-state index contributed by atoms with van der Waals surface area (Å²) >= 11 is 0. The average Bonchev–Trinajstić information content (AvgIpc) is 2.75. The van der Waals surface area contributed by atoms with Gasteiger partial charge in [-0.15, -0.1) is 0 Å². The van der Waals surface area contributed by atoms with E-state index in [1.54, 1.807) is 31.2 Å². The van der Waals surface area contributed by atoms with Crippen LogP contribution in [0.5, 0.6) is 0 Å². The molecule has 152 valence electrons. The summed E-state index contributed by atoms with van der Waals surface area (Å²) in [5.41, 5.74) is 1.93. The van der Waals surface area contributed by atoms with Crippen molar-refractivity contribution in [3.8, 4) is 6.07 Å². The Morgan fingerprint density at radius 3 is 2.41 bits per heavy atom. The summed E-state index contributed by atoms with van der Waals surface area (Å²) < 4.78 is 32.4. The van der Waals surface area contributed by atoms with E-state index in [0.29, 0.717) is 38.3 Å². The Morgan fingerprint density at radius 2 is 1.79 bits per heavy atom. The number of hydrogen-bond donors (Lipinski definition) is 0. The lowest BCUT2D eigenvalue weighted by molar-refractivity contribution is 0.0526. The molecule has 0 aliphatic carbocycles. The number of carbonyl (C=O) groups excluding carboxylic acids is 1. The maximum Gasteiger partial charge on any atom is 0.338 e. The molecule has 1 aliphatic heterocycles. The van der Waals surface area contributed by atoms with E-state index in [-0.39, 0.29) is 17.1 Å². The van der Waals surface area contributed by atoms with E-state index in [9.17, 15) is 13.2 Å². The Balaban J connectivity index is 1.64. The van der Waals surface area contributed by atoms with Crippen molar-refractivity contribution in [2.75, 3.05) is 32.8 Å². The molecule has 0 bridgehead atoms. The van der Waals surface area contributed by atoms with Crippen molar-refractivity contribution >= 4 is 16.0 Å². The van der Waals surface area contributed by atoms with Gasteiger partial charge in [0, 0.05) is 32.7 Å². The lowest BCUT2D eigenvalue weighted by atomic mass is 10.1. The molecule has 1 saturated heterocycles. The molecule has 29 heavy (non-hydrogen) atoms. The number of rotatable bonds is 6. The first-order valence-electron chi connectivity index (χ1n) is 9.43. The summed E-state index contributed by atoms with van der Waals surface area (Å²) in [5.74, 6) is -0.531. The highest BCUT2D eigenvalue weighted by atomic mass is 32.2. The highest BCUT2D eigenvalue weighted by Crippen LogP contribution is 2.20. The minimum Gasteiger partial charge on any atom is -0.462 e. The van der Waals surface area contributed by atoms with Crippen LogP contribution in [-0.2, 0) is 21.3 Å². The van der Waals surface area contributed by atoms with Crippen LogP contribution < -0.4 is 0 Å². The molecule has 1 fully saturated rings. The van der Waals surface area contributed by atoms with Crippen LogP contribution >= 0.6 is 0 Å². The standard InChI is InChI=1S/C21H23N3O4S/c1-2-28-21(25)19-4-3-5-20(14-19)29(26,27)24-12-10-23(11-13-24)16-18-8-6-17(15-22)7-9-18/h3-9,14H,2,10-13,16H2,1H3. The minimum absolute atomic E-state index is 0.101. The Morgan fingerprint density at radius 1 is 1.10 bits per heavy atom. The zero-order valence-electron chi connectivity index (χ0n) is 16.2. The first-order valence-corrected chi connectivity index (χ1v) is 10.9. The predicted octanol–water partition coefficient (Wildman–Crippen LogP) is 2.24. The maximum atomic E-state index is 13.0. The summed E-state index contributed by atoms with van der Waals surface area (Å²) in [4.78, 5) is 14.2. The van der Waals surface area contributed by atoms with Crippen molar-refractivity contribution in [2.24, 2.45) is 0 Å². The van der Waals surface area contributed by atoms with Crippen LogP contribution in [0.15, 0.2) is 53.4 Å². The lowest BCUT2D eigenvalue weighted by Gasteiger charge is -2.34. The third kappa shape index (κ3) is 5.01. The van der Waals surface area contributed by atoms with Gasteiger partial charge in [0.25, 0.3) is 0 Å². The molecule has 1 heterocycles. The Hall–Kier alpha value is -2.73. The third-order valence-electron chi connectivity index (χ3n) is 4.80. The van der Waals surface area contributed by atoms with Gasteiger partial charge in [0.15, 0.2) is 0 Å². The molecule has 0 N–H and O–H groups in total. The monoisotopic (exact) mass is 413 g/mol. The number of piperazine rings is 1. The van der Waals surface area contributed by atoms with Gasteiger partial charge >= 0.3 is 5.97 Å². The van der Waals surface area contributed by atoms with Crippen LogP contribution in [0, 0.1) is 11.3 Å². The smallest absolute Gasteiger partial charge is 0.338 e. The van der Waals surface area contributed by atoms with Crippen LogP contribution in [0.3, 0.4) is 0 Å². The second kappa shape index (κ2) is 9.18. The Labute approximate surface area is 171 Å². The Bertz CT molecular complexity index is 1000. The van der Waals surface area contributed by atoms with Crippen molar-refractivity contribution < 1.29 is 17.9 Å². The van der Waals surface area contributed by atoms with Gasteiger partial charge in [-0.05, 0) is 42.8 Å². The number of nitrogens with zero attached hydrogens (tertiary/aromatic N) is 3. The Kier molecular flexibility index (Phi) is 6.64. The number of hydrogen-bond acceptors (Lipinski definition) is 6. The molecule has 3 rings (SSSR count). The first-order chi connectivity index (χ1) is 13.9. The summed E-state index contributed by atoms with van der Waals surface area (Å²) in [6.07, 6.45) is 0. The molecular formula is C21H23N3O4S. The highest BCUT2D eigenvalue weighted by Gasteiger charge is 2.29. The van der Waals surface area contributed by atoms with Gasteiger partial charge in [0.05, 0.1) is 28.7 Å². The average molecular weight is 413 g/mol. The number of sulfonamides is 1. The van der Waals surface area contributed by atoms with E-state index in [1.165, 1.54) is 16.4 Å². The van der Waals surface area contributed by atoms with Crippen molar-refractivity contribution in [3.63, 3.8) is 0 Å². The minimum atomic E-state index is -3.68. The van der Waals surface area contributed by atoms with Gasteiger partial charge in [0.1, 0.15) is 0 Å². The van der Waals surface area contributed by atoms with Crippen LogP contribution in [0.25, 0.3) is 0 Å². The van der Waals surface area contributed by atoms with Gasteiger partial charge in [0.2, 0.25) is 10.0 Å². The summed E-state index contributed by atoms with van der Waals surface area (Å²) in [5, 5.41) is 8.88. The largest absolute Gasteiger partial charge is 0.462 e. The first kappa shape index (κ1) is 21.0. The fraction of sp³-hybridized carbons (Fsp3) is 0.333. The van der Waals surface area contributed by atoms with Gasteiger partial charge < -0.3 is 4.74 Å². The molecule has 0 aromatic heterocycles. The van der Waals surface area contributed by atoms with Crippen LogP contribution in [-0.4, -0.2) is 56.4 Å². The predicted molar refractivity (Wildman–Crippen MR) is 108 cm³/mol. The van der Waals surface area contributed by atoms with Gasteiger partial charge in [-0.25, -0.2) is 13.2 Å². The molecule has 0 unspecified atom stereocenters. The van der Waals surface area contributed by atoms with E-state index in [4.69, 9.17) is 10.00 Å². The van der Waals surface area contributed by atoms with Crippen LogP contribution in [0.1, 0.15) is 28.4 Å². The highest BCUT2D eigenvalue weighted by molar-refractivity contribution is 7.89. The van der Waals surface area contributed by atoms with E-state index < -0.39 is 16.0 Å². The zero-order valence-corrected chi connectivity index (χ0v) is 17.1. The molecule has 7 nitrogen and oxygen atoms in total. The SMILES string of the molecule is CCOC(=O)c1cccc(S(=O)(=O)N2CCN(Cc3ccc(C#N)cc3)CC2)c1. The van der Waals surface area contributed by atoms with Crippen molar-refractivity contribution in [2.45, 2.75) is 18.4 Å². The van der Waals surface area contributed by atoms with Gasteiger partial charge in [-0.1, -0.05) is 18.2 Å². The number of carbonyl (C=O) groups is 1.